The van der Waals surface area contributed by atoms with Crippen LogP contribution in [0, 0.1) is 0 Å². The number of amides is 1. The lowest BCUT2D eigenvalue weighted by Crippen LogP contribution is -2.37. The molecular weight excluding hydrogens is 1000 g/mol. The van der Waals surface area contributed by atoms with Gasteiger partial charge in [-0.1, -0.05) is 12.1 Å². The molecule has 0 aliphatic heterocycles. The van der Waals surface area contributed by atoms with Crippen molar-refractivity contribution in [2.75, 3.05) is 37.3 Å². The number of aldehydes is 4. The van der Waals surface area contributed by atoms with E-state index in [1.165, 1.54) is 62.5 Å². The second kappa shape index (κ2) is 31.9. The van der Waals surface area contributed by atoms with Crippen molar-refractivity contribution < 1.29 is 66.7 Å². The number of methoxy groups -OCH3 is 3. The number of nitrogens with zero attached hydrogens (tertiary/aromatic N) is 10. The molecule has 6 aromatic heterocycles. The fourth-order valence-corrected chi connectivity index (χ4v) is 4.78. The summed E-state index contributed by atoms with van der Waals surface area (Å²) in [6.07, 6.45) is 13.2. The van der Waals surface area contributed by atoms with Crippen molar-refractivity contribution in [3.8, 4) is 17.6 Å². The second-order valence-electron chi connectivity index (χ2n) is 18.0. The third kappa shape index (κ3) is 27.3. The number of rotatable bonds is 13. The molecule has 26 heteroatoms. The van der Waals surface area contributed by atoms with Gasteiger partial charge >= 0.3 is 18.4 Å². The molecule has 0 saturated heterocycles. The first-order valence-corrected chi connectivity index (χ1v) is 22.7. The molecule has 0 aromatic carbocycles. The molecule has 0 radical (unpaired) electrons. The predicted molar refractivity (Wildman–Crippen MR) is 278 cm³/mol. The van der Waals surface area contributed by atoms with Crippen molar-refractivity contribution >= 4 is 61.4 Å². The number of nitrogens with two attached hydrogens (primary N) is 1. The fraction of sp³-hybridized carbons (Fsp3) is 0.333. The van der Waals surface area contributed by atoms with Gasteiger partial charge in [0.25, 0.3) is 0 Å². The highest BCUT2D eigenvalue weighted by Gasteiger charge is 2.26. The summed E-state index contributed by atoms with van der Waals surface area (Å²) in [6.45, 7) is 16.0. The van der Waals surface area contributed by atoms with Crippen LogP contribution in [0.25, 0.3) is 0 Å². The van der Waals surface area contributed by atoms with Crippen molar-refractivity contribution in [3.05, 3.63) is 126 Å². The first-order chi connectivity index (χ1) is 36.3. The smallest absolute Gasteiger partial charge is 0.481 e. The Hall–Kier alpha value is -9.62. The summed E-state index contributed by atoms with van der Waals surface area (Å²) >= 11 is 0. The average Bonchev–Trinajstić information content (AvgIpc) is 3.39. The van der Waals surface area contributed by atoms with Gasteiger partial charge in [0.15, 0.2) is 25.1 Å². The van der Waals surface area contributed by atoms with E-state index in [0.717, 1.165) is 17.4 Å². The summed E-state index contributed by atoms with van der Waals surface area (Å²) < 4.78 is 34.0. The van der Waals surface area contributed by atoms with E-state index in [1.807, 2.05) is 6.07 Å². The molecule has 0 aliphatic rings. The van der Waals surface area contributed by atoms with E-state index in [0.29, 0.717) is 71.2 Å². The third-order valence-electron chi connectivity index (χ3n) is 8.14. The van der Waals surface area contributed by atoms with E-state index in [4.69, 9.17) is 34.2 Å². The van der Waals surface area contributed by atoms with Crippen LogP contribution in [-0.2, 0) is 32.0 Å². The summed E-state index contributed by atoms with van der Waals surface area (Å²) in [6, 6.07) is 10.5. The molecule has 0 bridgehead atoms. The lowest BCUT2D eigenvalue weighted by atomic mass is 10.2. The van der Waals surface area contributed by atoms with Gasteiger partial charge < -0.3 is 44.2 Å². The summed E-state index contributed by atoms with van der Waals surface area (Å²) in [7, 11) is 4.63. The van der Waals surface area contributed by atoms with Crippen molar-refractivity contribution in [3.63, 3.8) is 0 Å². The molecule has 26 nitrogen and oxygen atoms in total. The number of hydrogen-bond donors (Lipinski definition) is 2. The van der Waals surface area contributed by atoms with E-state index < -0.39 is 35.2 Å². The first kappa shape index (κ1) is 63.5. The Labute approximate surface area is 444 Å². The molecule has 6 aromatic rings. The quantitative estimate of drug-likeness (QED) is 0.0486. The number of nitrogens with one attached hydrogen (secondary N) is 1. The fourth-order valence-electron chi connectivity index (χ4n) is 4.78. The summed E-state index contributed by atoms with van der Waals surface area (Å²) in [4.78, 5) is 112. The van der Waals surface area contributed by atoms with E-state index in [-0.39, 0.29) is 18.4 Å². The summed E-state index contributed by atoms with van der Waals surface area (Å²) in [5.41, 5.74) is 6.57. The molecule has 0 saturated carbocycles. The normalized spacial score (nSPS) is 10.3. The molecule has 0 unspecified atom stereocenters. The minimum Gasteiger partial charge on any atom is -0.481 e. The van der Waals surface area contributed by atoms with Crippen LogP contribution in [0.3, 0.4) is 0 Å². The highest BCUT2D eigenvalue weighted by Crippen LogP contribution is 2.19. The number of anilines is 3. The van der Waals surface area contributed by atoms with Gasteiger partial charge in [-0.3, -0.25) is 19.2 Å². The molecule has 77 heavy (non-hydrogen) atoms. The van der Waals surface area contributed by atoms with Crippen LogP contribution in [0.2, 0.25) is 0 Å². The maximum atomic E-state index is 12.6. The highest BCUT2D eigenvalue weighted by molar-refractivity contribution is 5.86. The van der Waals surface area contributed by atoms with Gasteiger partial charge in [0.05, 0.1) is 44.6 Å². The zero-order chi connectivity index (χ0) is 57.6. The minimum absolute atomic E-state index is 0.135. The largest absolute Gasteiger partial charge is 0.519 e. The molecule has 0 spiro atoms. The van der Waals surface area contributed by atoms with Crippen LogP contribution in [0.1, 0.15) is 115 Å². The maximum absolute atomic E-state index is 12.6. The number of carbonyl (C=O) groups is 7. The molecule has 6 rings (SSSR count). The SMILES string of the molecule is CC(C)(C)OC(=O)OC(=O)OC(C)(C)C.COc1ccc(C=O)cn1.COc1ccc(CN(C(=O)OC(C)(C)C)c2ncc(C=O)cn2)cn1.COc1ccc(CNc2ncc(C=O)cn2)cn1.Nc1ncc(C=O)cn1. The Balaban J connectivity index is 0.000000346. The van der Waals surface area contributed by atoms with Crippen molar-refractivity contribution in [1.82, 2.24) is 44.9 Å². The van der Waals surface area contributed by atoms with Crippen molar-refractivity contribution in [2.24, 2.45) is 0 Å². The number of pyridine rings is 3. The first-order valence-electron chi connectivity index (χ1n) is 22.7. The molecule has 410 valence electrons. The van der Waals surface area contributed by atoms with Gasteiger partial charge in [0.1, 0.15) is 16.8 Å². The Bertz CT molecular complexity index is 2730. The zero-order valence-electron chi connectivity index (χ0n) is 44.6. The molecule has 6 heterocycles. The van der Waals surface area contributed by atoms with Gasteiger partial charge in [-0.05, 0) is 79.5 Å². The van der Waals surface area contributed by atoms with E-state index in [2.05, 4.69) is 54.9 Å². The average molecular weight is 1070 g/mol. The predicted octanol–water partition coefficient (Wildman–Crippen LogP) is 7.59. The molecule has 3 N–H and O–H groups in total. The van der Waals surface area contributed by atoms with Gasteiger partial charge in [0, 0.05) is 86.1 Å². The molecule has 0 aliphatic carbocycles. The van der Waals surface area contributed by atoms with Crippen LogP contribution < -0.4 is 30.2 Å². The van der Waals surface area contributed by atoms with Gasteiger partial charge in [-0.2, -0.15) is 0 Å². The molecule has 0 atom stereocenters. The number of hydrogen-bond acceptors (Lipinski definition) is 25. The molecule has 0 fully saturated rings. The van der Waals surface area contributed by atoms with Gasteiger partial charge in [0.2, 0.25) is 35.5 Å². The number of nitrogen functional groups attached to an aromatic ring is 1. The molecular formula is C51H62N12O14. The highest BCUT2D eigenvalue weighted by atomic mass is 16.8. The maximum Gasteiger partial charge on any atom is 0.519 e. The summed E-state index contributed by atoms with van der Waals surface area (Å²) in [5.74, 6) is 2.35. The van der Waals surface area contributed by atoms with Crippen LogP contribution in [-0.4, -0.2) is 127 Å². The lowest BCUT2D eigenvalue weighted by Gasteiger charge is -2.26. The van der Waals surface area contributed by atoms with Crippen LogP contribution in [0.4, 0.5) is 32.2 Å². The minimum atomic E-state index is -1.06. The lowest BCUT2D eigenvalue weighted by molar-refractivity contribution is -0.0294. The monoisotopic (exact) mass is 1070 g/mol. The van der Waals surface area contributed by atoms with Crippen molar-refractivity contribution in [1.29, 1.82) is 0 Å². The van der Waals surface area contributed by atoms with E-state index >= 15 is 0 Å². The van der Waals surface area contributed by atoms with E-state index in [9.17, 15) is 33.6 Å². The summed E-state index contributed by atoms with van der Waals surface area (Å²) in [5, 5.41) is 3.03. The van der Waals surface area contributed by atoms with Crippen LogP contribution in [0.15, 0.2) is 92.2 Å². The van der Waals surface area contributed by atoms with E-state index in [1.54, 1.807) is 112 Å². The molecule has 1 amide bonds. The Morgan fingerprint density at radius 3 is 1.23 bits per heavy atom. The van der Waals surface area contributed by atoms with Crippen LogP contribution in [0.5, 0.6) is 17.6 Å². The van der Waals surface area contributed by atoms with Gasteiger partial charge in [-0.15, -0.1) is 0 Å². The van der Waals surface area contributed by atoms with Gasteiger partial charge in [-0.25, -0.2) is 64.1 Å². The van der Waals surface area contributed by atoms with Crippen LogP contribution >= 0.6 is 0 Å². The number of carbonyl (C=O) groups excluding carboxylic acids is 7. The zero-order valence-corrected chi connectivity index (χ0v) is 44.6. The number of aromatic nitrogens is 9. The third-order valence-corrected chi connectivity index (χ3v) is 8.14. The topological polar surface area (TPSA) is 341 Å². The Morgan fingerprint density at radius 2 is 0.870 bits per heavy atom. The van der Waals surface area contributed by atoms with Crippen molar-refractivity contribution in [2.45, 2.75) is 92.2 Å². The Morgan fingerprint density at radius 1 is 0.494 bits per heavy atom. The standard InChI is InChI=1S/C17H20N4O4.C12H12N4O2.C10H18O5.C7H7NO2.C5H5N3O/c1-17(2,3)25-16(23)21(15-19-8-13(11-22)9-20-15)10-12-5-6-14(24-4)18-7-12;1-18-11-3-2-9(4-13-11)5-14-12-15-6-10(8-17)7-16-12;1-9(2,3)14-7(11)13-8(12)15-10(4,5)6;1-10-7-3-2-6(5-9)4-8-7;6-5-7-1-4(3-9)2-8-5/h5-9,11H,10H2,1-4H3;2-4,6-8H,5H2,1H3,(H,14,15,16);1-6H3;2-5H,1H3;1-3H,(H2,6,7,8). The second-order valence-corrected chi connectivity index (χ2v) is 18.0. The number of ether oxygens (including phenoxy) is 7. The Kier molecular flexibility index (Phi) is 26.3.